The van der Waals surface area contributed by atoms with Crippen LogP contribution >= 0.6 is 23.2 Å². The number of methoxy groups -OCH3 is 1. The third-order valence-electron chi connectivity index (χ3n) is 8.36. The van der Waals surface area contributed by atoms with Gasteiger partial charge in [-0.1, -0.05) is 65.7 Å². The van der Waals surface area contributed by atoms with Gasteiger partial charge in [0.2, 0.25) is 11.8 Å². The van der Waals surface area contributed by atoms with E-state index in [-0.39, 0.29) is 23.6 Å². The predicted octanol–water partition coefficient (Wildman–Crippen LogP) is 5.21. The number of nitrogens with zero attached hydrogens (tertiary/aromatic N) is 3. The molecule has 1 amide bonds. The lowest BCUT2D eigenvalue weighted by molar-refractivity contribution is -0.119. The van der Waals surface area contributed by atoms with Gasteiger partial charge in [-0.2, -0.15) is 0 Å². The molecule has 5 N–H and O–H groups in total. The number of aromatic nitrogens is 3. The molecule has 1 saturated heterocycles. The molecule has 0 radical (unpaired) electrons. The van der Waals surface area contributed by atoms with Crippen LogP contribution in [0.3, 0.4) is 0 Å². The lowest BCUT2D eigenvalue weighted by atomic mass is 9.97. The van der Waals surface area contributed by atoms with Crippen LogP contribution in [-0.4, -0.2) is 52.6 Å². The molecule has 0 saturated carbocycles. The van der Waals surface area contributed by atoms with Crippen LogP contribution in [0.25, 0.3) is 39.2 Å². The Bertz CT molecular complexity index is 2030. The van der Waals surface area contributed by atoms with Gasteiger partial charge in [0.1, 0.15) is 5.65 Å². The van der Waals surface area contributed by atoms with Crippen LogP contribution < -0.4 is 32.0 Å². The molecule has 248 valence electrons. The molecular weight excluding hydrogens is 649 g/mol. The Hall–Kier alpha value is -4.32. The second kappa shape index (κ2) is 14.8. The molecule has 0 bridgehead atoms. The molecule has 2 aromatic carbocycles. The number of carbonyl (C=O) groups is 1. The summed E-state index contributed by atoms with van der Waals surface area (Å²) >= 11 is 14.1. The Morgan fingerprint density at radius 2 is 1.69 bits per heavy atom. The molecule has 48 heavy (non-hydrogen) atoms. The van der Waals surface area contributed by atoms with E-state index in [1.165, 1.54) is 4.40 Å². The summed E-state index contributed by atoms with van der Waals surface area (Å²) in [5.41, 5.74) is 12.2. The predicted molar refractivity (Wildman–Crippen MR) is 190 cm³/mol. The zero-order chi connectivity index (χ0) is 33.8. The highest BCUT2D eigenvalue weighted by Crippen LogP contribution is 2.42. The van der Waals surface area contributed by atoms with Crippen LogP contribution in [0.2, 0.25) is 10.0 Å². The van der Waals surface area contributed by atoms with Crippen molar-refractivity contribution >= 4 is 34.8 Å². The average Bonchev–Trinajstić information content (AvgIpc) is 3.50. The quantitative estimate of drug-likeness (QED) is 0.141. The number of ether oxygens (including phenoxy) is 1. The first-order valence-corrected chi connectivity index (χ1v) is 16.6. The second-order valence-corrected chi connectivity index (χ2v) is 12.7. The summed E-state index contributed by atoms with van der Waals surface area (Å²) in [6, 6.07) is 19.3. The number of fused-ring (bicyclic) bond motifs is 1. The Labute approximate surface area is 288 Å². The fourth-order valence-electron chi connectivity index (χ4n) is 5.88. The van der Waals surface area contributed by atoms with Crippen molar-refractivity contribution in [1.29, 1.82) is 0 Å². The van der Waals surface area contributed by atoms with E-state index in [2.05, 4.69) is 20.9 Å². The zero-order valence-electron chi connectivity index (χ0n) is 26.7. The Balaban J connectivity index is 1.25. The van der Waals surface area contributed by atoms with Crippen molar-refractivity contribution < 1.29 is 9.53 Å². The summed E-state index contributed by atoms with van der Waals surface area (Å²) in [7, 11) is 1.59. The lowest BCUT2D eigenvalue weighted by Gasteiger charge is -2.16. The van der Waals surface area contributed by atoms with Crippen LogP contribution in [0.5, 0.6) is 5.88 Å². The fraction of sp³-hybridized carbons (Fsp3) is 0.278. The minimum absolute atomic E-state index is 0.0128. The number of benzene rings is 2. The average molecular weight is 687 g/mol. The first kappa shape index (κ1) is 33.6. The summed E-state index contributed by atoms with van der Waals surface area (Å²) in [5, 5.41) is 10.6. The van der Waals surface area contributed by atoms with Gasteiger partial charge in [0.25, 0.3) is 5.56 Å². The van der Waals surface area contributed by atoms with E-state index in [0.717, 1.165) is 39.8 Å². The third-order valence-corrected chi connectivity index (χ3v) is 9.18. The van der Waals surface area contributed by atoms with Crippen LogP contribution in [0.15, 0.2) is 77.9 Å². The number of nitrogens with one attached hydrogen (secondary N) is 3. The Morgan fingerprint density at radius 3 is 2.40 bits per heavy atom. The maximum Gasteiger partial charge on any atom is 0.262 e. The van der Waals surface area contributed by atoms with E-state index in [0.29, 0.717) is 65.4 Å². The summed E-state index contributed by atoms with van der Waals surface area (Å²) in [6.07, 6.45) is 4.72. The number of pyridine rings is 2. The number of carbonyl (C=O) groups excluding carboxylic acids is 1. The number of amides is 1. The summed E-state index contributed by atoms with van der Waals surface area (Å²) in [6.45, 7) is 4.11. The maximum atomic E-state index is 13.1. The van der Waals surface area contributed by atoms with Gasteiger partial charge in [-0.15, -0.1) is 0 Å². The number of rotatable bonds is 12. The third kappa shape index (κ3) is 7.23. The van der Waals surface area contributed by atoms with Crippen molar-refractivity contribution in [2.45, 2.75) is 44.9 Å². The normalized spacial score (nSPS) is 15.1. The molecule has 12 heteroatoms. The molecule has 6 rings (SSSR count). The number of hydrogen-bond acceptors (Lipinski definition) is 8. The van der Waals surface area contributed by atoms with E-state index < -0.39 is 0 Å². The topological polar surface area (TPSA) is 136 Å². The van der Waals surface area contributed by atoms with Crippen LogP contribution in [0.4, 0.5) is 0 Å². The molecule has 5 aromatic rings. The van der Waals surface area contributed by atoms with Crippen molar-refractivity contribution in [3.63, 3.8) is 0 Å². The van der Waals surface area contributed by atoms with E-state index in [1.54, 1.807) is 19.5 Å². The SMILES string of the molecule is COc1nc(-c2cccc(-c3cccc(-c4ccn5c(=O)c(CNC[C@H](C)N)cnc5c4)c3Cl)c2Cl)ccc1CNC[C@H]1CCC(=O)N1. The first-order chi connectivity index (χ1) is 23.2. The standard InChI is InChI=1S/C36H37Cl2N7O3/c1-21(39)16-40-18-24-19-42-31-15-22(13-14-45(31)36(24)47)26-5-3-6-27(33(26)37)28-7-4-8-29(34(28)38)30-11-9-23(35(44-30)48-2)17-41-20-25-10-12-32(46)43-25/h3-9,11,13-15,19,21,25,40-41H,10,12,16-18,20,39H2,1-2H3,(H,43,46)/t21-,25+/m0/s1. The Morgan fingerprint density at radius 1 is 0.979 bits per heavy atom. The Kier molecular flexibility index (Phi) is 10.4. The van der Waals surface area contributed by atoms with E-state index in [4.69, 9.17) is 38.7 Å². The summed E-state index contributed by atoms with van der Waals surface area (Å²) < 4.78 is 7.17. The van der Waals surface area contributed by atoms with Crippen molar-refractivity contribution in [2.75, 3.05) is 20.2 Å². The highest BCUT2D eigenvalue weighted by molar-refractivity contribution is 6.39. The second-order valence-electron chi connectivity index (χ2n) is 12.0. The van der Waals surface area contributed by atoms with Crippen LogP contribution in [0.1, 0.15) is 30.9 Å². The first-order valence-electron chi connectivity index (χ1n) is 15.8. The van der Waals surface area contributed by atoms with Gasteiger partial charge in [0, 0.05) is 90.5 Å². The minimum Gasteiger partial charge on any atom is -0.481 e. The highest BCUT2D eigenvalue weighted by Gasteiger charge is 2.21. The smallest absolute Gasteiger partial charge is 0.262 e. The molecule has 4 heterocycles. The maximum absolute atomic E-state index is 13.1. The lowest BCUT2D eigenvalue weighted by Crippen LogP contribution is -2.35. The summed E-state index contributed by atoms with van der Waals surface area (Å²) in [5.74, 6) is 0.590. The molecule has 0 spiro atoms. The number of nitrogens with two attached hydrogens (primary N) is 1. The van der Waals surface area contributed by atoms with Gasteiger partial charge in [-0.25, -0.2) is 9.97 Å². The molecule has 10 nitrogen and oxygen atoms in total. The van der Waals surface area contributed by atoms with Gasteiger partial charge in [-0.3, -0.25) is 14.0 Å². The fourth-order valence-corrected chi connectivity index (χ4v) is 6.54. The van der Waals surface area contributed by atoms with Gasteiger partial charge in [0.15, 0.2) is 0 Å². The van der Waals surface area contributed by atoms with Crippen molar-refractivity contribution in [3.05, 3.63) is 105 Å². The molecule has 2 atom stereocenters. The molecule has 3 aromatic heterocycles. The van der Waals surface area contributed by atoms with Crippen molar-refractivity contribution in [2.24, 2.45) is 5.73 Å². The molecule has 0 unspecified atom stereocenters. The van der Waals surface area contributed by atoms with Crippen molar-refractivity contribution in [3.8, 4) is 39.4 Å². The molecular formula is C36H37Cl2N7O3. The van der Waals surface area contributed by atoms with Gasteiger partial charge in [0.05, 0.1) is 22.8 Å². The van der Waals surface area contributed by atoms with Crippen LogP contribution in [-0.2, 0) is 17.9 Å². The van der Waals surface area contributed by atoms with E-state index in [9.17, 15) is 9.59 Å². The van der Waals surface area contributed by atoms with Crippen LogP contribution in [0, 0.1) is 0 Å². The molecule has 0 aliphatic carbocycles. The zero-order valence-corrected chi connectivity index (χ0v) is 28.2. The molecule has 1 aliphatic rings. The van der Waals surface area contributed by atoms with Gasteiger partial charge >= 0.3 is 0 Å². The molecule has 1 fully saturated rings. The number of halogens is 2. The summed E-state index contributed by atoms with van der Waals surface area (Å²) in [4.78, 5) is 33.9. The monoisotopic (exact) mass is 685 g/mol. The van der Waals surface area contributed by atoms with Gasteiger partial charge in [-0.05, 0) is 37.1 Å². The van der Waals surface area contributed by atoms with Crippen molar-refractivity contribution in [1.82, 2.24) is 30.3 Å². The van der Waals surface area contributed by atoms with E-state index in [1.807, 2.05) is 67.6 Å². The van der Waals surface area contributed by atoms with E-state index >= 15 is 0 Å². The number of hydrogen-bond donors (Lipinski definition) is 4. The largest absolute Gasteiger partial charge is 0.481 e. The molecule has 1 aliphatic heterocycles. The van der Waals surface area contributed by atoms with Gasteiger partial charge < -0.3 is 26.4 Å². The highest BCUT2D eigenvalue weighted by atomic mass is 35.5. The minimum atomic E-state index is -0.138.